The van der Waals surface area contributed by atoms with Crippen LogP contribution in [-0.2, 0) is 0 Å². The summed E-state index contributed by atoms with van der Waals surface area (Å²) in [6, 6.07) is 2.42. The molecule has 0 heterocycles. The van der Waals surface area contributed by atoms with Gasteiger partial charge in [-0.3, -0.25) is 0 Å². The summed E-state index contributed by atoms with van der Waals surface area (Å²) in [6.45, 7) is 2.96. The third kappa shape index (κ3) is 1.48. The van der Waals surface area contributed by atoms with E-state index in [1.165, 1.54) is 19.3 Å². The Morgan fingerprint density at radius 2 is 2.40 bits per heavy atom. The smallest absolute Gasteiger partial charge is 0.0981 e. The first-order valence-electron chi connectivity index (χ1n) is 4.01. The zero-order valence-electron chi connectivity index (χ0n) is 6.43. The maximum absolute atomic E-state index is 8.68. The second-order valence-electron chi connectivity index (χ2n) is 2.86. The molecule has 56 valence electrons. The van der Waals surface area contributed by atoms with Crippen molar-refractivity contribution in [1.82, 2.24) is 5.32 Å². The Labute approximate surface area is 62.2 Å². The second kappa shape index (κ2) is 3.58. The van der Waals surface area contributed by atoms with E-state index < -0.39 is 0 Å². The Morgan fingerprint density at radius 1 is 1.70 bits per heavy atom. The van der Waals surface area contributed by atoms with Crippen molar-refractivity contribution in [2.45, 2.75) is 32.2 Å². The summed E-state index contributed by atoms with van der Waals surface area (Å²) in [4.78, 5) is 0. The summed E-state index contributed by atoms with van der Waals surface area (Å²) in [6.07, 6.45) is 3.80. The van der Waals surface area contributed by atoms with Crippen LogP contribution in [0.15, 0.2) is 0 Å². The van der Waals surface area contributed by atoms with Crippen LogP contribution in [0, 0.1) is 17.2 Å². The van der Waals surface area contributed by atoms with Crippen LogP contribution in [0.1, 0.15) is 26.2 Å². The zero-order chi connectivity index (χ0) is 7.40. The predicted molar refractivity (Wildman–Crippen MR) is 40.4 cm³/mol. The fourth-order valence-corrected chi connectivity index (χ4v) is 1.31. The molecule has 1 unspecified atom stereocenters. The van der Waals surface area contributed by atoms with Crippen molar-refractivity contribution in [2.24, 2.45) is 5.92 Å². The summed E-state index contributed by atoms with van der Waals surface area (Å²) in [5, 5.41) is 11.9. The van der Waals surface area contributed by atoms with Crippen LogP contribution in [0.25, 0.3) is 0 Å². The van der Waals surface area contributed by atoms with Crippen LogP contribution in [0.4, 0.5) is 0 Å². The number of rotatable bonds is 3. The van der Waals surface area contributed by atoms with Crippen molar-refractivity contribution in [3.8, 4) is 6.07 Å². The highest BCUT2D eigenvalue weighted by Gasteiger charge is 2.25. The van der Waals surface area contributed by atoms with Crippen molar-refractivity contribution in [3.05, 3.63) is 0 Å². The monoisotopic (exact) mass is 138 g/mol. The molecule has 1 aliphatic carbocycles. The van der Waals surface area contributed by atoms with E-state index in [2.05, 4.69) is 11.4 Å². The molecule has 10 heavy (non-hydrogen) atoms. The molecule has 1 saturated carbocycles. The molecule has 0 saturated heterocycles. The highest BCUT2D eigenvalue weighted by Crippen LogP contribution is 2.29. The molecule has 2 heteroatoms. The average Bonchev–Trinajstić information content (AvgIpc) is 1.83. The van der Waals surface area contributed by atoms with Crippen molar-refractivity contribution in [1.29, 1.82) is 5.26 Å². The van der Waals surface area contributed by atoms with Crippen LogP contribution < -0.4 is 5.32 Å². The van der Waals surface area contributed by atoms with Crippen molar-refractivity contribution in [2.75, 3.05) is 6.54 Å². The van der Waals surface area contributed by atoms with E-state index in [0.717, 1.165) is 6.54 Å². The highest BCUT2D eigenvalue weighted by molar-refractivity contribution is 4.97. The van der Waals surface area contributed by atoms with Gasteiger partial charge in [0.15, 0.2) is 0 Å². The molecule has 2 nitrogen and oxygen atoms in total. The molecular weight excluding hydrogens is 124 g/mol. The third-order valence-electron chi connectivity index (χ3n) is 2.18. The Morgan fingerprint density at radius 3 is 2.70 bits per heavy atom. The van der Waals surface area contributed by atoms with E-state index in [-0.39, 0.29) is 6.04 Å². The molecule has 0 spiro atoms. The largest absolute Gasteiger partial charge is 0.302 e. The minimum Gasteiger partial charge on any atom is -0.302 e. The van der Waals surface area contributed by atoms with Gasteiger partial charge in [-0.2, -0.15) is 5.26 Å². The average molecular weight is 138 g/mol. The summed E-state index contributed by atoms with van der Waals surface area (Å²) in [7, 11) is 0. The van der Waals surface area contributed by atoms with Crippen molar-refractivity contribution < 1.29 is 0 Å². The fourth-order valence-electron chi connectivity index (χ4n) is 1.31. The summed E-state index contributed by atoms with van der Waals surface area (Å²) in [5.41, 5.74) is 0. The van der Waals surface area contributed by atoms with Gasteiger partial charge in [0.05, 0.1) is 12.1 Å². The molecule has 0 aromatic rings. The lowest BCUT2D eigenvalue weighted by Crippen LogP contribution is -2.38. The van der Waals surface area contributed by atoms with Gasteiger partial charge in [-0.25, -0.2) is 0 Å². The second-order valence-corrected chi connectivity index (χ2v) is 2.86. The Bertz CT molecular complexity index is 133. The summed E-state index contributed by atoms with van der Waals surface area (Å²) >= 11 is 0. The number of hydrogen-bond acceptors (Lipinski definition) is 2. The zero-order valence-corrected chi connectivity index (χ0v) is 6.43. The molecule has 0 aromatic carbocycles. The van der Waals surface area contributed by atoms with E-state index in [1.54, 1.807) is 0 Å². The van der Waals surface area contributed by atoms with Gasteiger partial charge in [-0.15, -0.1) is 0 Å². The molecule has 0 radical (unpaired) electrons. The van der Waals surface area contributed by atoms with Gasteiger partial charge in [0, 0.05) is 0 Å². The number of nitrogens with zero attached hydrogens (tertiary/aromatic N) is 1. The van der Waals surface area contributed by atoms with Crippen molar-refractivity contribution in [3.63, 3.8) is 0 Å². The molecule has 0 bridgehead atoms. The Kier molecular flexibility index (Phi) is 2.70. The first-order chi connectivity index (χ1) is 4.88. The number of nitriles is 1. The molecule has 0 aromatic heterocycles. The fraction of sp³-hybridized carbons (Fsp3) is 0.875. The van der Waals surface area contributed by atoms with E-state index in [1.807, 2.05) is 6.92 Å². The van der Waals surface area contributed by atoms with E-state index in [4.69, 9.17) is 5.26 Å². The van der Waals surface area contributed by atoms with Crippen LogP contribution >= 0.6 is 0 Å². The first kappa shape index (κ1) is 7.56. The molecule has 1 atom stereocenters. The predicted octanol–water partition coefficient (Wildman–Crippen LogP) is 1.29. The molecule has 1 aliphatic rings. The van der Waals surface area contributed by atoms with Gasteiger partial charge < -0.3 is 5.32 Å². The topological polar surface area (TPSA) is 35.8 Å². The summed E-state index contributed by atoms with van der Waals surface area (Å²) < 4.78 is 0. The molecule has 0 amide bonds. The van der Waals surface area contributed by atoms with Gasteiger partial charge in [0.1, 0.15) is 0 Å². The van der Waals surface area contributed by atoms with Gasteiger partial charge >= 0.3 is 0 Å². The van der Waals surface area contributed by atoms with E-state index in [9.17, 15) is 0 Å². The van der Waals surface area contributed by atoms with Gasteiger partial charge in [-0.1, -0.05) is 13.3 Å². The molecular formula is C8H14N2. The first-order valence-corrected chi connectivity index (χ1v) is 4.01. The van der Waals surface area contributed by atoms with E-state index >= 15 is 0 Å². The lowest BCUT2D eigenvalue weighted by molar-refractivity contribution is 0.266. The number of hydrogen-bond donors (Lipinski definition) is 1. The molecule has 1 N–H and O–H groups in total. The standard InChI is InChI=1S/C8H14N2/c1-2-10-8(6-9)7-4-3-5-7/h7-8,10H,2-5H2,1H3. The van der Waals surface area contributed by atoms with Gasteiger partial charge in [-0.05, 0) is 25.3 Å². The number of nitrogens with one attached hydrogen (secondary N) is 1. The van der Waals surface area contributed by atoms with Crippen molar-refractivity contribution >= 4 is 0 Å². The highest BCUT2D eigenvalue weighted by atomic mass is 14.9. The SMILES string of the molecule is CCNC(C#N)C1CCC1. The Balaban J connectivity index is 2.26. The third-order valence-corrected chi connectivity index (χ3v) is 2.18. The van der Waals surface area contributed by atoms with E-state index in [0.29, 0.717) is 5.92 Å². The maximum atomic E-state index is 8.68. The normalized spacial score (nSPS) is 21.2. The quantitative estimate of drug-likeness (QED) is 0.637. The van der Waals surface area contributed by atoms with Crippen LogP contribution in [0.5, 0.6) is 0 Å². The van der Waals surface area contributed by atoms with Crippen LogP contribution in [-0.4, -0.2) is 12.6 Å². The Hall–Kier alpha value is -0.550. The summed E-state index contributed by atoms with van der Waals surface area (Å²) in [5.74, 6) is 0.643. The minimum absolute atomic E-state index is 0.124. The van der Waals surface area contributed by atoms with Gasteiger partial charge in [0.25, 0.3) is 0 Å². The minimum atomic E-state index is 0.124. The van der Waals surface area contributed by atoms with Crippen LogP contribution in [0.2, 0.25) is 0 Å². The molecule has 1 rings (SSSR count). The lowest BCUT2D eigenvalue weighted by atomic mass is 9.80. The lowest BCUT2D eigenvalue weighted by Gasteiger charge is -2.29. The molecule has 0 aliphatic heterocycles. The maximum Gasteiger partial charge on any atom is 0.0981 e. The van der Waals surface area contributed by atoms with Gasteiger partial charge in [0.2, 0.25) is 0 Å². The van der Waals surface area contributed by atoms with Crippen LogP contribution in [0.3, 0.4) is 0 Å². The molecule has 1 fully saturated rings.